The summed E-state index contributed by atoms with van der Waals surface area (Å²) in [6.45, 7) is 14.1. The van der Waals surface area contributed by atoms with Crippen LogP contribution in [0.2, 0.25) is 0 Å². The quantitative estimate of drug-likeness (QED) is 0.117. The number of aromatic nitrogens is 3. The van der Waals surface area contributed by atoms with Gasteiger partial charge in [0.2, 0.25) is 11.8 Å². The third-order valence-electron chi connectivity index (χ3n) is 17.0. The van der Waals surface area contributed by atoms with Crippen molar-refractivity contribution < 1.29 is 33.7 Å². The number of pyridine rings is 1. The zero-order valence-electron chi connectivity index (χ0n) is 40.9. The molecule has 16 heteroatoms. The number of nitrogens with zero attached hydrogens (tertiary/aromatic N) is 8. The highest BCUT2D eigenvalue weighted by molar-refractivity contribution is 6.06. The number of phenols is 1. The molecule has 1 saturated carbocycles. The number of likely N-dealkylation sites (tertiary alicyclic amines) is 2. The SMILES string of the molecule is CCc1cccc2cc(O)cc(-c3ncc4c(N5CCC[C@@](C)(O)C5)nc(OCC5(CN6CC[C@H](CN7CC8(CCN(c9ccc%10c(c9)CN(C9CCC(=O)NC9=O)C%10=O)CC8)C7)C6)CC5)nc4c3F)c12. The van der Waals surface area contributed by atoms with Gasteiger partial charge in [-0.05, 0) is 135 Å². The van der Waals surface area contributed by atoms with Crippen LogP contribution in [-0.2, 0) is 22.6 Å². The number of rotatable bonds is 12. The van der Waals surface area contributed by atoms with E-state index in [0.717, 1.165) is 118 Å². The van der Waals surface area contributed by atoms with Gasteiger partial charge in [-0.15, -0.1) is 0 Å². The maximum atomic E-state index is 17.2. The molecule has 71 heavy (non-hydrogen) atoms. The number of imide groups is 1. The highest BCUT2D eigenvalue weighted by Crippen LogP contribution is 2.48. The number of carbonyl (C=O) groups excluding carboxylic acids is 3. The van der Waals surface area contributed by atoms with Gasteiger partial charge in [-0.1, -0.05) is 25.1 Å². The monoisotopic (exact) mass is 965 g/mol. The minimum atomic E-state index is -0.927. The lowest BCUT2D eigenvalue weighted by atomic mass is 9.71. The molecule has 5 aromatic rings. The molecule has 5 saturated heterocycles. The van der Waals surface area contributed by atoms with Crippen LogP contribution in [0, 0.1) is 22.6 Å². The number of fused-ring (bicyclic) bond motifs is 3. The molecule has 3 atom stereocenters. The van der Waals surface area contributed by atoms with E-state index in [-0.39, 0.29) is 52.5 Å². The fourth-order valence-corrected chi connectivity index (χ4v) is 13.0. The van der Waals surface area contributed by atoms with Gasteiger partial charge in [-0.25, -0.2) is 4.39 Å². The van der Waals surface area contributed by atoms with Gasteiger partial charge in [-0.2, -0.15) is 9.97 Å². The zero-order valence-corrected chi connectivity index (χ0v) is 40.9. The molecule has 8 heterocycles. The third-order valence-corrected chi connectivity index (χ3v) is 17.0. The first-order valence-electron chi connectivity index (χ1n) is 25.9. The average molecular weight is 966 g/mol. The van der Waals surface area contributed by atoms with Gasteiger partial charge in [0.15, 0.2) is 5.82 Å². The molecule has 3 amide bonds. The maximum absolute atomic E-state index is 17.2. The fraction of sp³-hybridized carbons (Fsp3) is 0.527. The molecule has 6 aliphatic heterocycles. The van der Waals surface area contributed by atoms with E-state index in [2.05, 4.69) is 38.0 Å². The van der Waals surface area contributed by atoms with Crippen molar-refractivity contribution in [1.82, 2.24) is 35.0 Å². The van der Waals surface area contributed by atoms with Crippen LogP contribution in [0.4, 0.5) is 15.9 Å². The molecular formula is C55H64FN9O6. The highest BCUT2D eigenvalue weighted by Gasteiger charge is 2.48. The minimum Gasteiger partial charge on any atom is -0.508 e. The topological polar surface area (TPSA) is 168 Å². The highest BCUT2D eigenvalue weighted by atomic mass is 19.1. The molecule has 12 rings (SSSR count). The van der Waals surface area contributed by atoms with Crippen molar-refractivity contribution in [3.8, 4) is 23.0 Å². The number of aromatic hydroxyl groups is 1. The second-order valence-corrected chi connectivity index (χ2v) is 22.5. The first kappa shape index (κ1) is 46.1. The van der Waals surface area contributed by atoms with Gasteiger partial charge in [0, 0.05) is 100 Å². The second-order valence-electron chi connectivity index (χ2n) is 22.5. The number of phenolic OH excluding ortho intramolecular Hbond substituents is 1. The number of ether oxygens (including phenoxy) is 1. The van der Waals surface area contributed by atoms with Gasteiger partial charge in [-0.3, -0.25) is 24.7 Å². The Bertz CT molecular complexity index is 2960. The molecule has 1 aliphatic carbocycles. The Morgan fingerprint density at radius 3 is 2.51 bits per heavy atom. The Kier molecular flexibility index (Phi) is 11.5. The molecule has 0 radical (unpaired) electrons. The summed E-state index contributed by atoms with van der Waals surface area (Å²) in [5.74, 6) is -0.239. The van der Waals surface area contributed by atoms with E-state index < -0.39 is 17.5 Å². The third kappa shape index (κ3) is 8.73. The lowest BCUT2D eigenvalue weighted by Crippen LogP contribution is -2.61. The van der Waals surface area contributed by atoms with Crippen molar-refractivity contribution in [1.29, 1.82) is 0 Å². The van der Waals surface area contributed by atoms with Crippen LogP contribution < -0.4 is 19.9 Å². The molecule has 7 aliphatic rings. The second kappa shape index (κ2) is 17.7. The first-order chi connectivity index (χ1) is 34.2. The molecular weight excluding hydrogens is 902 g/mol. The summed E-state index contributed by atoms with van der Waals surface area (Å²) in [5.41, 5.74) is 3.90. The van der Waals surface area contributed by atoms with Crippen molar-refractivity contribution in [2.75, 3.05) is 81.9 Å². The normalized spacial score (nSPS) is 25.3. The van der Waals surface area contributed by atoms with Crippen LogP contribution in [-0.4, -0.2) is 141 Å². The van der Waals surface area contributed by atoms with Crippen molar-refractivity contribution in [2.24, 2.45) is 16.7 Å². The van der Waals surface area contributed by atoms with Crippen LogP contribution in [0.1, 0.15) is 93.1 Å². The van der Waals surface area contributed by atoms with Crippen molar-refractivity contribution in [3.05, 3.63) is 77.2 Å². The van der Waals surface area contributed by atoms with E-state index in [1.165, 1.54) is 6.42 Å². The predicted octanol–water partition coefficient (Wildman–Crippen LogP) is 6.45. The summed E-state index contributed by atoms with van der Waals surface area (Å²) in [5, 5.41) is 26.4. The summed E-state index contributed by atoms with van der Waals surface area (Å²) in [6.07, 6.45) is 9.94. The number of benzene rings is 3. The van der Waals surface area contributed by atoms with E-state index in [0.29, 0.717) is 72.7 Å². The number of anilines is 2. The maximum Gasteiger partial charge on any atom is 0.319 e. The zero-order chi connectivity index (χ0) is 48.8. The van der Waals surface area contributed by atoms with Crippen molar-refractivity contribution in [3.63, 3.8) is 0 Å². The first-order valence-corrected chi connectivity index (χ1v) is 25.9. The number of β-amino-alcohol motifs (C(OH)–C–C–N with tert-alkyl or cyclic N) is 1. The Balaban J connectivity index is 0.670. The Morgan fingerprint density at radius 1 is 0.901 bits per heavy atom. The van der Waals surface area contributed by atoms with Crippen LogP contribution in [0.25, 0.3) is 32.9 Å². The van der Waals surface area contributed by atoms with E-state index in [9.17, 15) is 24.6 Å². The molecule has 1 unspecified atom stereocenters. The van der Waals surface area contributed by atoms with Gasteiger partial charge in [0.05, 0.1) is 17.6 Å². The molecule has 0 bridgehead atoms. The molecule has 3 N–H and O–H groups in total. The minimum absolute atomic E-state index is 0.0166. The number of halogens is 1. The molecule has 6 fully saturated rings. The van der Waals surface area contributed by atoms with Gasteiger partial charge in [0.25, 0.3) is 5.91 Å². The Labute approximate surface area is 413 Å². The van der Waals surface area contributed by atoms with Gasteiger partial charge in [0.1, 0.15) is 28.8 Å². The largest absolute Gasteiger partial charge is 0.508 e. The van der Waals surface area contributed by atoms with Crippen LogP contribution >= 0.6 is 0 Å². The summed E-state index contributed by atoms with van der Waals surface area (Å²) in [4.78, 5) is 63.2. The van der Waals surface area contributed by atoms with Gasteiger partial charge >= 0.3 is 6.01 Å². The summed E-state index contributed by atoms with van der Waals surface area (Å²) in [6, 6.07) is 14.8. The summed E-state index contributed by atoms with van der Waals surface area (Å²) < 4.78 is 23.7. The number of hydrogen-bond acceptors (Lipinski definition) is 13. The lowest BCUT2D eigenvalue weighted by Gasteiger charge is -2.55. The number of piperidine rings is 3. The molecule has 372 valence electrons. The number of aliphatic hydroxyl groups is 1. The molecule has 2 aromatic heterocycles. The van der Waals surface area contributed by atoms with Crippen molar-refractivity contribution in [2.45, 2.75) is 96.2 Å². The fourth-order valence-electron chi connectivity index (χ4n) is 13.0. The molecule has 1 spiro atoms. The van der Waals surface area contributed by atoms with E-state index in [1.54, 1.807) is 23.2 Å². The number of carbonyl (C=O) groups is 3. The van der Waals surface area contributed by atoms with E-state index in [1.807, 2.05) is 42.2 Å². The Morgan fingerprint density at radius 2 is 1.73 bits per heavy atom. The standard InChI is InChI=1S/C55H64FN9O6/c1-3-35-6-4-7-36-23-39(66)24-41(45(35)36)47-46(56)48-42(25-57-47)49(64-18-5-13-53(2,70)29-64)60-52(59-48)71-33-55(14-15-55)32-61-19-12-34(26-61)27-62-30-54(31-62)16-20-63(21-17-54)38-8-9-40-37(22-38)28-65(51(40)69)43-10-11-44(67)58-50(43)68/h4,6-9,22-25,34,43,66,70H,3,5,10-21,26-33H2,1-2H3,(H,58,67,68)/t34-,43?,53+/m0/s1. The number of amides is 3. The van der Waals surface area contributed by atoms with Gasteiger partial charge < -0.3 is 39.4 Å². The smallest absolute Gasteiger partial charge is 0.319 e. The van der Waals surface area contributed by atoms with E-state index in [4.69, 9.17) is 14.7 Å². The van der Waals surface area contributed by atoms with Crippen LogP contribution in [0.5, 0.6) is 11.8 Å². The Hall–Kier alpha value is -5.97. The number of nitrogens with one attached hydrogen (secondary N) is 1. The lowest BCUT2D eigenvalue weighted by molar-refractivity contribution is -0.136. The summed E-state index contributed by atoms with van der Waals surface area (Å²) >= 11 is 0. The van der Waals surface area contributed by atoms with Crippen molar-refractivity contribution >= 4 is 50.9 Å². The number of hydrogen-bond donors (Lipinski definition) is 3. The van der Waals surface area contributed by atoms with E-state index >= 15 is 4.39 Å². The predicted molar refractivity (Wildman–Crippen MR) is 268 cm³/mol. The summed E-state index contributed by atoms with van der Waals surface area (Å²) in [7, 11) is 0. The van der Waals surface area contributed by atoms with Crippen LogP contribution in [0.15, 0.2) is 54.7 Å². The average Bonchev–Trinajstić information content (AvgIpc) is 3.84. The molecule has 15 nitrogen and oxygen atoms in total. The molecule has 3 aromatic carbocycles. The van der Waals surface area contributed by atoms with Crippen LogP contribution in [0.3, 0.4) is 0 Å². The number of aryl methyl sites for hydroxylation is 1.